The molecule has 2 aromatic carbocycles. The Bertz CT molecular complexity index is 860. The van der Waals surface area contributed by atoms with Crippen molar-refractivity contribution in [1.82, 2.24) is 4.90 Å². The van der Waals surface area contributed by atoms with Crippen molar-refractivity contribution in [2.75, 3.05) is 27.4 Å². The van der Waals surface area contributed by atoms with Crippen LogP contribution in [0.5, 0.6) is 17.2 Å². The van der Waals surface area contributed by atoms with Gasteiger partial charge < -0.3 is 19.1 Å². The van der Waals surface area contributed by atoms with Crippen LogP contribution >= 0.6 is 0 Å². The number of hydrogen-bond acceptors (Lipinski definition) is 4. The topological polar surface area (TPSA) is 48.0 Å². The van der Waals surface area contributed by atoms with E-state index in [1.807, 2.05) is 36.1 Å². The number of hydrogen-bond donors (Lipinski definition) is 0. The van der Waals surface area contributed by atoms with Gasteiger partial charge in [0.15, 0.2) is 18.1 Å². The molecule has 5 heteroatoms. The lowest BCUT2D eigenvalue weighted by Gasteiger charge is -2.29. The molecule has 0 radical (unpaired) electrons. The quantitative estimate of drug-likeness (QED) is 0.754. The summed E-state index contributed by atoms with van der Waals surface area (Å²) in [6.45, 7) is 7.58. The van der Waals surface area contributed by atoms with Crippen LogP contribution in [0.4, 0.5) is 0 Å². The Hall–Kier alpha value is -2.69. The summed E-state index contributed by atoms with van der Waals surface area (Å²) in [5.41, 5.74) is 4.54. The molecule has 1 aliphatic heterocycles. The molecular weight excluding hydrogens is 354 g/mol. The Morgan fingerprint density at radius 3 is 2.36 bits per heavy atom. The summed E-state index contributed by atoms with van der Waals surface area (Å²) in [5, 5.41) is 0. The summed E-state index contributed by atoms with van der Waals surface area (Å²) >= 11 is 0. The number of methoxy groups -OCH3 is 2. The fourth-order valence-electron chi connectivity index (χ4n) is 3.46. The third-order valence-corrected chi connectivity index (χ3v) is 5.30. The SMILES string of the molecule is COc1cc2c(cc1OC)CN(C(=O)COc1cc(C(C)C)ccc1C)CC2. The second-order valence-corrected chi connectivity index (χ2v) is 7.51. The van der Waals surface area contributed by atoms with Crippen LogP contribution in [-0.2, 0) is 17.8 Å². The van der Waals surface area contributed by atoms with E-state index in [1.54, 1.807) is 14.2 Å². The molecule has 0 fully saturated rings. The standard InChI is InChI=1S/C23H29NO4/c1-15(2)17-7-6-16(3)20(10-17)28-14-23(25)24-9-8-18-11-21(26-4)22(27-5)12-19(18)13-24/h6-7,10-12,15H,8-9,13-14H2,1-5H3. The second-order valence-electron chi connectivity index (χ2n) is 7.51. The average molecular weight is 383 g/mol. The second kappa shape index (κ2) is 8.55. The first-order chi connectivity index (χ1) is 13.4. The Balaban J connectivity index is 1.68. The Morgan fingerprint density at radius 2 is 1.71 bits per heavy atom. The highest BCUT2D eigenvalue weighted by Crippen LogP contribution is 2.33. The smallest absolute Gasteiger partial charge is 0.260 e. The molecule has 1 amide bonds. The van der Waals surface area contributed by atoms with Crippen LogP contribution in [-0.4, -0.2) is 38.2 Å². The first kappa shape index (κ1) is 20.1. The van der Waals surface area contributed by atoms with Crippen molar-refractivity contribution in [3.8, 4) is 17.2 Å². The number of amides is 1. The highest BCUT2D eigenvalue weighted by atomic mass is 16.5. The predicted molar refractivity (Wildman–Crippen MR) is 109 cm³/mol. The van der Waals surface area contributed by atoms with E-state index < -0.39 is 0 Å². The molecule has 150 valence electrons. The zero-order valence-electron chi connectivity index (χ0n) is 17.4. The molecule has 0 aromatic heterocycles. The van der Waals surface area contributed by atoms with Gasteiger partial charge in [0, 0.05) is 13.1 Å². The number of carbonyl (C=O) groups is 1. The minimum absolute atomic E-state index is 0.00483. The Morgan fingerprint density at radius 1 is 1.04 bits per heavy atom. The van der Waals surface area contributed by atoms with E-state index in [-0.39, 0.29) is 12.5 Å². The van der Waals surface area contributed by atoms with E-state index in [1.165, 1.54) is 11.1 Å². The van der Waals surface area contributed by atoms with Gasteiger partial charge in [0.25, 0.3) is 5.91 Å². The molecule has 1 aliphatic rings. The molecule has 0 saturated carbocycles. The van der Waals surface area contributed by atoms with E-state index in [2.05, 4.69) is 19.9 Å². The Kier molecular flexibility index (Phi) is 6.12. The molecule has 0 unspecified atom stereocenters. The number of aryl methyl sites for hydroxylation is 1. The van der Waals surface area contributed by atoms with Gasteiger partial charge in [-0.25, -0.2) is 0 Å². The van der Waals surface area contributed by atoms with Crippen molar-refractivity contribution in [1.29, 1.82) is 0 Å². The van der Waals surface area contributed by atoms with E-state index >= 15 is 0 Å². The largest absolute Gasteiger partial charge is 0.493 e. The first-order valence-electron chi connectivity index (χ1n) is 9.67. The van der Waals surface area contributed by atoms with Gasteiger partial charge in [-0.2, -0.15) is 0 Å². The van der Waals surface area contributed by atoms with Crippen LogP contribution in [0.25, 0.3) is 0 Å². The zero-order valence-corrected chi connectivity index (χ0v) is 17.4. The highest BCUT2D eigenvalue weighted by Gasteiger charge is 2.23. The number of carbonyl (C=O) groups excluding carboxylic acids is 1. The predicted octanol–water partition coefficient (Wildman–Crippen LogP) is 4.10. The van der Waals surface area contributed by atoms with Crippen LogP contribution in [0.1, 0.15) is 42.0 Å². The van der Waals surface area contributed by atoms with Gasteiger partial charge in [0.1, 0.15) is 5.75 Å². The summed E-state index contributed by atoms with van der Waals surface area (Å²) in [7, 11) is 3.26. The van der Waals surface area contributed by atoms with E-state index in [0.717, 1.165) is 29.0 Å². The fourth-order valence-corrected chi connectivity index (χ4v) is 3.46. The van der Waals surface area contributed by atoms with Gasteiger partial charge in [-0.15, -0.1) is 0 Å². The molecule has 5 nitrogen and oxygen atoms in total. The van der Waals surface area contributed by atoms with E-state index in [9.17, 15) is 4.79 Å². The summed E-state index contributed by atoms with van der Waals surface area (Å²) in [5.74, 6) is 2.61. The van der Waals surface area contributed by atoms with Crippen molar-refractivity contribution in [3.63, 3.8) is 0 Å². The minimum atomic E-state index is -0.00483. The normalized spacial score (nSPS) is 13.3. The molecule has 2 aromatic rings. The van der Waals surface area contributed by atoms with Crippen LogP contribution in [0.2, 0.25) is 0 Å². The summed E-state index contributed by atoms with van der Waals surface area (Å²) < 4.78 is 16.6. The lowest BCUT2D eigenvalue weighted by Crippen LogP contribution is -2.38. The number of ether oxygens (including phenoxy) is 3. The third-order valence-electron chi connectivity index (χ3n) is 5.30. The van der Waals surface area contributed by atoms with Crippen molar-refractivity contribution in [3.05, 3.63) is 52.6 Å². The van der Waals surface area contributed by atoms with E-state index in [0.29, 0.717) is 24.8 Å². The fraction of sp³-hybridized carbons (Fsp3) is 0.435. The average Bonchev–Trinajstić information content (AvgIpc) is 2.71. The van der Waals surface area contributed by atoms with Gasteiger partial charge in [-0.3, -0.25) is 4.79 Å². The number of nitrogens with zero attached hydrogens (tertiary/aromatic N) is 1. The summed E-state index contributed by atoms with van der Waals surface area (Å²) in [6.07, 6.45) is 0.795. The maximum Gasteiger partial charge on any atom is 0.260 e. The molecule has 28 heavy (non-hydrogen) atoms. The molecule has 1 heterocycles. The van der Waals surface area contributed by atoms with Crippen molar-refractivity contribution < 1.29 is 19.0 Å². The van der Waals surface area contributed by atoms with Gasteiger partial charge in [0.2, 0.25) is 0 Å². The maximum atomic E-state index is 12.7. The highest BCUT2D eigenvalue weighted by molar-refractivity contribution is 5.78. The van der Waals surface area contributed by atoms with E-state index in [4.69, 9.17) is 14.2 Å². The lowest BCUT2D eigenvalue weighted by atomic mass is 9.98. The number of benzene rings is 2. The van der Waals surface area contributed by atoms with Gasteiger partial charge in [-0.1, -0.05) is 26.0 Å². The maximum absolute atomic E-state index is 12.7. The van der Waals surface area contributed by atoms with Crippen LogP contribution < -0.4 is 14.2 Å². The third kappa shape index (κ3) is 4.24. The molecule has 0 bridgehead atoms. The first-order valence-corrected chi connectivity index (χ1v) is 9.67. The van der Waals surface area contributed by atoms with Gasteiger partial charge in [-0.05, 0) is 59.7 Å². The lowest BCUT2D eigenvalue weighted by molar-refractivity contribution is -0.134. The van der Waals surface area contributed by atoms with Crippen LogP contribution in [0.15, 0.2) is 30.3 Å². The van der Waals surface area contributed by atoms with Crippen molar-refractivity contribution in [2.24, 2.45) is 0 Å². The van der Waals surface area contributed by atoms with Gasteiger partial charge in [0.05, 0.1) is 14.2 Å². The van der Waals surface area contributed by atoms with Crippen molar-refractivity contribution in [2.45, 2.75) is 39.7 Å². The molecule has 0 aliphatic carbocycles. The molecule has 0 atom stereocenters. The summed E-state index contributed by atoms with van der Waals surface area (Å²) in [4.78, 5) is 14.6. The molecule has 0 saturated heterocycles. The van der Waals surface area contributed by atoms with Crippen LogP contribution in [0.3, 0.4) is 0 Å². The van der Waals surface area contributed by atoms with Gasteiger partial charge >= 0.3 is 0 Å². The Labute approximate surface area is 167 Å². The zero-order chi connectivity index (χ0) is 20.3. The number of rotatable bonds is 6. The monoisotopic (exact) mass is 383 g/mol. The minimum Gasteiger partial charge on any atom is -0.493 e. The molecular formula is C23H29NO4. The van der Waals surface area contributed by atoms with Crippen molar-refractivity contribution >= 4 is 5.91 Å². The van der Waals surface area contributed by atoms with Crippen LogP contribution in [0, 0.1) is 6.92 Å². The molecule has 0 N–H and O–H groups in total. The summed E-state index contributed by atoms with van der Waals surface area (Å²) in [6, 6.07) is 10.2. The molecule has 0 spiro atoms. The molecule has 3 rings (SSSR count). The number of fused-ring (bicyclic) bond motifs is 1.